The predicted octanol–water partition coefficient (Wildman–Crippen LogP) is 5.18. The van der Waals surface area contributed by atoms with Crippen molar-refractivity contribution in [1.29, 1.82) is 0 Å². The summed E-state index contributed by atoms with van der Waals surface area (Å²) in [7, 11) is 0. The van der Waals surface area contributed by atoms with Gasteiger partial charge in [-0.2, -0.15) is 0 Å². The summed E-state index contributed by atoms with van der Waals surface area (Å²) in [6.45, 7) is 2.54. The number of hydrogen-bond acceptors (Lipinski definition) is 5. The molecule has 3 rings (SSSR count). The SMILES string of the molecule is CCOc1ccc(Oc2ccc(C(=O)/C=C/c3ccc(O)c(O)c3)cc2)cc1. The van der Waals surface area contributed by atoms with Crippen LogP contribution in [0, 0.1) is 0 Å². The molecule has 3 aromatic carbocycles. The zero-order valence-corrected chi connectivity index (χ0v) is 15.3. The lowest BCUT2D eigenvalue weighted by Gasteiger charge is -2.07. The van der Waals surface area contributed by atoms with Crippen LogP contribution in [0.1, 0.15) is 22.8 Å². The molecule has 0 unspecified atom stereocenters. The van der Waals surface area contributed by atoms with E-state index >= 15 is 0 Å². The molecule has 0 spiro atoms. The van der Waals surface area contributed by atoms with Crippen molar-refractivity contribution in [2.75, 3.05) is 6.61 Å². The van der Waals surface area contributed by atoms with Crippen LogP contribution in [0.25, 0.3) is 6.08 Å². The Morgan fingerprint density at radius 2 is 1.46 bits per heavy atom. The number of hydrogen-bond donors (Lipinski definition) is 2. The standard InChI is InChI=1S/C23H20O5/c1-2-27-18-9-11-20(12-10-18)28-19-7-5-17(6-8-19)21(24)13-3-16-4-14-22(25)23(26)15-16/h3-15,25-26H,2H2,1H3/b13-3+. The average Bonchev–Trinajstić information content (AvgIpc) is 2.71. The van der Waals surface area contributed by atoms with Gasteiger partial charge in [-0.3, -0.25) is 4.79 Å². The minimum atomic E-state index is -0.231. The number of ketones is 1. The summed E-state index contributed by atoms with van der Waals surface area (Å²) in [4.78, 5) is 12.3. The van der Waals surface area contributed by atoms with Crippen LogP contribution in [0.2, 0.25) is 0 Å². The van der Waals surface area contributed by atoms with E-state index in [1.807, 2.05) is 31.2 Å². The van der Waals surface area contributed by atoms with Crippen LogP contribution in [0.4, 0.5) is 0 Å². The molecule has 0 aliphatic carbocycles. The third kappa shape index (κ3) is 4.92. The van der Waals surface area contributed by atoms with Gasteiger partial charge < -0.3 is 19.7 Å². The van der Waals surface area contributed by atoms with Gasteiger partial charge in [0.2, 0.25) is 0 Å². The smallest absolute Gasteiger partial charge is 0.185 e. The maximum absolute atomic E-state index is 12.3. The van der Waals surface area contributed by atoms with Crippen LogP contribution in [0.15, 0.2) is 72.8 Å². The lowest BCUT2D eigenvalue weighted by Crippen LogP contribution is -1.94. The molecule has 0 bridgehead atoms. The Bertz CT molecular complexity index is 973. The Morgan fingerprint density at radius 3 is 2.07 bits per heavy atom. The number of carbonyl (C=O) groups is 1. The highest BCUT2D eigenvalue weighted by Crippen LogP contribution is 2.26. The maximum atomic E-state index is 12.3. The number of aromatic hydroxyl groups is 2. The molecule has 0 aliphatic heterocycles. The number of rotatable bonds is 7. The lowest BCUT2D eigenvalue weighted by molar-refractivity contribution is 0.104. The van der Waals surface area contributed by atoms with Gasteiger partial charge in [-0.1, -0.05) is 12.1 Å². The number of phenols is 2. The average molecular weight is 376 g/mol. The zero-order chi connectivity index (χ0) is 19.9. The molecule has 0 atom stereocenters. The lowest BCUT2D eigenvalue weighted by atomic mass is 10.1. The first-order valence-electron chi connectivity index (χ1n) is 8.80. The molecule has 3 aromatic rings. The fourth-order valence-corrected chi connectivity index (χ4v) is 2.51. The van der Waals surface area contributed by atoms with Gasteiger partial charge in [-0.05, 0) is 79.2 Å². The van der Waals surface area contributed by atoms with E-state index in [9.17, 15) is 15.0 Å². The van der Waals surface area contributed by atoms with E-state index in [-0.39, 0.29) is 17.3 Å². The molecule has 5 nitrogen and oxygen atoms in total. The molecule has 2 N–H and O–H groups in total. The Balaban J connectivity index is 1.63. The second kappa shape index (κ2) is 8.77. The van der Waals surface area contributed by atoms with Crippen molar-refractivity contribution in [3.63, 3.8) is 0 Å². The highest BCUT2D eigenvalue weighted by Gasteiger charge is 2.04. The molecule has 0 radical (unpaired) electrons. The van der Waals surface area contributed by atoms with Crippen LogP contribution >= 0.6 is 0 Å². The van der Waals surface area contributed by atoms with Crippen molar-refractivity contribution in [2.24, 2.45) is 0 Å². The molecular formula is C23H20O5. The quantitative estimate of drug-likeness (QED) is 0.337. The van der Waals surface area contributed by atoms with E-state index in [0.717, 1.165) is 5.75 Å². The second-order valence-corrected chi connectivity index (χ2v) is 5.98. The number of benzene rings is 3. The topological polar surface area (TPSA) is 76.0 Å². The number of allylic oxidation sites excluding steroid dienone is 1. The van der Waals surface area contributed by atoms with Gasteiger partial charge in [0.25, 0.3) is 0 Å². The van der Waals surface area contributed by atoms with E-state index < -0.39 is 0 Å². The number of phenolic OH excluding ortho intramolecular Hbond substituents is 2. The molecule has 0 amide bonds. The van der Waals surface area contributed by atoms with Gasteiger partial charge in [0.1, 0.15) is 17.2 Å². The number of ether oxygens (including phenoxy) is 2. The van der Waals surface area contributed by atoms with Crippen LogP contribution in [0.5, 0.6) is 28.7 Å². The maximum Gasteiger partial charge on any atom is 0.185 e. The molecule has 0 saturated heterocycles. The van der Waals surface area contributed by atoms with Gasteiger partial charge in [0, 0.05) is 5.56 Å². The molecule has 0 saturated carbocycles. The van der Waals surface area contributed by atoms with E-state index in [2.05, 4.69) is 0 Å². The van der Waals surface area contributed by atoms with Crippen LogP contribution in [-0.4, -0.2) is 22.6 Å². The first-order chi connectivity index (χ1) is 13.5. The second-order valence-electron chi connectivity index (χ2n) is 5.98. The molecule has 0 aromatic heterocycles. The third-order valence-electron chi connectivity index (χ3n) is 3.94. The fraction of sp³-hybridized carbons (Fsp3) is 0.0870. The zero-order valence-electron chi connectivity index (χ0n) is 15.3. The van der Waals surface area contributed by atoms with Gasteiger partial charge in [-0.25, -0.2) is 0 Å². The Labute approximate surface area is 163 Å². The third-order valence-corrected chi connectivity index (χ3v) is 3.94. The van der Waals surface area contributed by atoms with Gasteiger partial charge >= 0.3 is 0 Å². The van der Waals surface area contributed by atoms with Crippen molar-refractivity contribution in [1.82, 2.24) is 0 Å². The van der Waals surface area contributed by atoms with Gasteiger partial charge in [-0.15, -0.1) is 0 Å². The molecule has 0 fully saturated rings. The molecule has 5 heteroatoms. The monoisotopic (exact) mass is 376 g/mol. The Morgan fingerprint density at radius 1 is 0.857 bits per heavy atom. The summed E-state index contributed by atoms with van der Waals surface area (Å²) in [5.41, 5.74) is 1.12. The summed E-state index contributed by atoms with van der Waals surface area (Å²) < 4.78 is 11.2. The first-order valence-corrected chi connectivity index (χ1v) is 8.80. The van der Waals surface area contributed by atoms with E-state index in [1.165, 1.54) is 18.2 Å². The minimum absolute atomic E-state index is 0.180. The van der Waals surface area contributed by atoms with Gasteiger partial charge in [0.05, 0.1) is 6.61 Å². The summed E-state index contributed by atoms with van der Waals surface area (Å²) in [5, 5.41) is 18.8. The van der Waals surface area contributed by atoms with E-state index in [4.69, 9.17) is 9.47 Å². The van der Waals surface area contributed by atoms with Crippen molar-refractivity contribution < 1.29 is 24.5 Å². The van der Waals surface area contributed by atoms with Crippen LogP contribution in [-0.2, 0) is 0 Å². The summed E-state index contributed by atoms with van der Waals surface area (Å²) >= 11 is 0. The summed E-state index contributed by atoms with van der Waals surface area (Å²) in [6.07, 6.45) is 2.99. The summed E-state index contributed by atoms with van der Waals surface area (Å²) in [6, 6.07) is 18.5. The molecule has 0 aliphatic rings. The minimum Gasteiger partial charge on any atom is -0.504 e. The van der Waals surface area contributed by atoms with Crippen molar-refractivity contribution in [3.05, 3.63) is 83.9 Å². The van der Waals surface area contributed by atoms with E-state index in [1.54, 1.807) is 36.4 Å². The van der Waals surface area contributed by atoms with Crippen molar-refractivity contribution >= 4 is 11.9 Å². The predicted molar refractivity (Wildman–Crippen MR) is 107 cm³/mol. The van der Waals surface area contributed by atoms with Crippen LogP contribution in [0.3, 0.4) is 0 Å². The molecule has 0 heterocycles. The Hall–Kier alpha value is -3.73. The number of carbonyl (C=O) groups excluding carboxylic acids is 1. The van der Waals surface area contributed by atoms with Crippen molar-refractivity contribution in [3.8, 4) is 28.7 Å². The highest BCUT2D eigenvalue weighted by atomic mass is 16.5. The Kier molecular flexibility index (Phi) is 5.97. The molecular weight excluding hydrogens is 356 g/mol. The van der Waals surface area contributed by atoms with Gasteiger partial charge in [0.15, 0.2) is 17.3 Å². The molecule has 28 heavy (non-hydrogen) atoms. The largest absolute Gasteiger partial charge is 0.504 e. The molecule has 142 valence electrons. The normalized spacial score (nSPS) is 10.8. The summed E-state index contributed by atoms with van der Waals surface area (Å²) in [5.74, 6) is 1.46. The van der Waals surface area contributed by atoms with Crippen LogP contribution < -0.4 is 9.47 Å². The fourth-order valence-electron chi connectivity index (χ4n) is 2.51. The van der Waals surface area contributed by atoms with E-state index in [0.29, 0.717) is 29.2 Å². The highest BCUT2D eigenvalue weighted by molar-refractivity contribution is 6.06. The van der Waals surface area contributed by atoms with Crippen molar-refractivity contribution in [2.45, 2.75) is 6.92 Å². The first kappa shape index (κ1) is 19.0.